The number of hydrogen-bond donors (Lipinski definition) is 1. The highest BCUT2D eigenvalue weighted by atomic mass is 32.2. The third-order valence-corrected chi connectivity index (χ3v) is 3.64. The van der Waals surface area contributed by atoms with Crippen molar-refractivity contribution in [2.45, 2.75) is 31.2 Å². The maximum absolute atomic E-state index is 5.30. The van der Waals surface area contributed by atoms with Crippen molar-refractivity contribution < 1.29 is 0 Å². The first-order valence-corrected chi connectivity index (χ1v) is 5.85. The molecule has 0 bridgehead atoms. The van der Waals surface area contributed by atoms with Crippen molar-refractivity contribution >= 4 is 34.1 Å². The lowest BCUT2D eigenvalue weighted by Crippen LogP contribution is -2.35. The molecule has 1 saturated carbocycles. The molecule has 0 radical (unpaired) electrons. The van der Waals surface area contributed by atoms with Gasteiger partial charge in [0.05, 0.1) is 0 Å². The highest BCUT2D eigenvalue weighted by Gasteiger charge is 2.42. The molecule has 0 amide bonds. The smallest absolute Gasteiger partial charge is 0.162 e. The first kappa shape index (κ1) is 8.51. The van der Waals surface area contributed by atoms with E-state index >= 15 is 0 Å². The van der Waals surface area contributed by atoms with Crippen LogP contribution in [0.2, 0.25) is 0 Å². The minimum Gasteiger partial charge on any atom is -0.327 e. The van der Waals surface area contributed by atoms with E-state index < -0.39 is 0 Å². The van der Waals surface area contributed by atoms with E-state index in [0.29, 0.717) is 0 Å². The van der Waals surface area contributed by atoms with Crippen LogP contribution >= 0.6 is 24.0 Å². The second-order valence-corrected chi connectivity index (χ2v) is 4.52. The number of hydrogen-bond acceptors (Lipinski definition) is 3. The number of thiocarbonyl (C=S) groups is 1. The van der Waals surface area contributed by atoms with E-state index in [1.807, 2.05) is 6.26 Å². The van der Waals surface area contributed by atoms with Crippen LogP contribution in [0.25, 0.3) is 0 Å². The average Bonchev–Trinajstić information content (AvgIpc) is 2.63. The number of nitrogens with one attached hydrogen (secondary N) is 1. The fourth-order valence-electron chi connectivity index (χ4n) is 1.88. The summed E-state index contributed by atoms with van der Waals surface area (Å²) in [6, 6.07) is 0. The van der Waals surface area contributed by atoms with Gasteiger partial charge < -0.3 is 5.32 Å². The van der Waals surface area contributed by atoms with Gasteiger partial charge in [-0.3, -0.25) is 0 Å². The maximum Gasteiger partial charge on any atom is 0.162 e. The minimum atomic E-state index is 0.00762. The molecule has 1 spiro atoms. The van der Waals surface area contributed by atoms with Gasteiger partial charge in [-0.2, -0.15) is 0 Å². The van der Waals surface area contributed by atoms with E-state index in [2.05, 4.69) is 10.3 Å². The van der Waals surface area contributed by atoms with Gasteiger partial charge in [0.2, 0.25) is 0 Å². The minimum absolute atomic E-state index is 0.00762. The van der Waals surface area contributed by atoms with Crippen LogP contribution < -0.4 is 5.32 Å². The van der Waals surface area contributed by atoms with Gasteiger partial charge in [-0.1, -0.05) is 36.8 Å². The van der Waals surface area contributed by atoms with Crippen molar-refractivity contribution in [3.8, 4) is 0 Å². The Morgan fingerprint density at radius 2 is 2.17 bits per heavy atom. The summed E-state index contributed by atoms with van der Waals surface area (Å²) in [4.78, 5) is 5.59. The Bertz CT molecular complexity index is 241. The van der Waals surface area contributed by atoms with E-state index in [9.17, 15) is 0 Å². The molecule has 1 fully saturated rings. The zero-order valence-electron chi connectivity index (χ0n) is 7.09. The molecule has 1 aliphatic heterocycles. The molecule has 2 nitrogen and oxygen atoms in total. The zero-order chi connectivity index (χ0) is 8.60. The fourth-order valence-corrected chi connectivity index (χ4v) is 2.76. The topological polar surface area (TPSA) is 24.4 Å². The van der Waals surface area contributed by atoms with Crippen LogP contribution in [0.4, 0.5) is 0 Å². The number of thioether (sulfide) groups is 1. The Labute approximate surface area is 82.2 Å². The summed E-state index contributed by atoms with van der Waals surface area (Å²) in [6.45, 7) is 0. The molecule has 2 aliphatic rings. The Morgan fingerprint density at radius 1 is 1.50 bits per heavy atom. The van der Waals surface area contributed by atoms with Crippen LogP contribution in [0.15, 0.2) is 4.99 Å². The van der Waals surface area contributed by atoms with E-state index in [1.54, 1.807) is 11.8 Å². The van der Waals surface area contributed by atoms with Gasteiger partial charge >= 0.3 is 0 Å². The Hall–Kier alpha value is -0.0900. The number of nitrogens with zero attached hydrogens (tertiary/aromatic N) is 1. The molecule has 0 atom stereocenters. The summed E-state index contributed by atoms with van der Waals surface area (Å²) >= 11 is 6.94. The fraction of sp³-hybridized carbons (Fsp3) is 0.750. The van der Waals surface area contributed by atoms with Crippen molar-refractivity contribution in [3.05, 3.63) is 0 Å². The van der Waals surface area contributed by atoms with Crippen molar-refractivity contribution in [1.29, 1.82) is 0 Å². The van der Waals surface area contributed by atoms with E-state index in [1.165, 1.54) is 12.8 Å². The standard InChI is InChI=1S/C8H12N2S2/c1-12-7-9-6(11)8(10-7)4-2-3-5-8/h2-5H2,1H3,(H,9,10,11). The lowest BCUT2D eigenvalue weighted by atomic mass is 10.00. The van der Waals surface area contributed by atoms with Gasteiger partial charge in [-0.05, 0) is 19.1 Å². The average molecular weight is 200 g/mol. The number of rotatable bonds is 0. The maximum atomic E-state index is 5.30. The van der Waals surface area contributed by atoms with E-state index in [0.717, 1.165) is 23.0 Å². The van der Waals surface area contributed by atoms with Crippen LogP contribution in [0.3, 0.4) is 0 Å². The normalized spacial score (nSPS) is 26.1. The Morgan fingerprint density at radius 3 is 2.67 bits per heavy atom. The second-order valence-electron chi connectivity index (χ2n) is 3.31. The highest BCUT2D eigenvalue weighted by Crippen LogP contribution is 2.37. The predicted octanol–water partition coefficient (Wildman–Crippen LogP) is 1.95. The SMILES string of the molecule is CSC1=NC2(CCCC2)C(=S)N1. The van der Waals surface area contributed by atoms with Gasteiger partial charge in [0.1, 0.15) is 10.5 Å². The lowest BCUT2D eigenvalue weighted by molar-refractivity contribution is 0.608. The molecule has 1 heterocycles. The van der Waals surface area contributed by atoms with Gasteiger partial charge in [0, 0.05) is 0 Å². The van der Waals surface area contributed by atoms with Gasteiger partial charge in [-0.15, -0.1) is 0 Å². The summed E-state index contributed by atoms with van der Waals surface area (Å²) in [5.41, 5.74) is 0.00762. The molecule has 0 aromatic carbocycles. The number of aliphatic imine (C=N–C) groups is 1. The monoisotopic (exact) mass is 200 g/mol. The van der Waals surface area contributed by atoms with Crippen LogP contribution in [-0.4, -0.2) is 22.0 Å². The van der Waals surface area contributed by atoms with Crippen molar-refractivity contribution in [2.75, 3.05) is 6.26 Å². The summed E-state index contributed by atoms with van der Waals surface area (Å²) in [7, 11) is 0. The Kier molecular flexibility index (Phi) is 2.12. The molecule has 0 saturated heterocycles. The van der Waals surface area contributed by atoms with Crippen LogP contribution in [-0.2, 0) is 0 Å². The summed E-state index contributed by atoms with van der Waals surface area (Å²) < 4.78 is 0. The molecule has 1 N–H and O–H groups in total. The first-order valence-electron chi connectivity index (χ1n) is 4.22. The molecule has 0 aromatic heterocycles. The number of amidine groups is 1. The molecule has 12 heavy (non-hydrogen) atoms. The third-order valence-electron chi connectivity index (χ3n) is 2.58. The van der Waals surface area contributed by atoms with Crippen LogP contribution in [0, 0.1) is 0 Å². The van der Waals surface area contributed by atoms with Crippen LogP contribution in [0.1, 0.15) is 25.7 Å². The molecule has 1 aliphatic carbocycles. The predicted molar refractivity (Wildman–Crippen MR) is 57.9 cm³/mol. The molecular formula is C8H12N2S2. The largest absolute Gasteiger partial charge is 0.327 e. The zero-order valence-corrected chi connectivity index (χ0v) is 8.73. The van der Waals surface area contributed by atoms with Gasteiger partial charge in [-0.25, -0.2) is 4.99 Å². The van der Waals surface area contributed by atoms with E-state index in [4.69, 9.17) is 12.2 Å². The molecule has 2 rings (SSSR count). The van der Waals surface area contributed by atoms with Crippen LogP contribution in [0.5, 0.6) is 0 Å². The lowest BCUT2D eigenvalue weighted by Gasteiger charge is -2.17. The molecule has 4 heteroatoms. The van der Waals surface area contributed by atoms with Crippen molar-refractivity contribution in [3.63, 3.8) is 0 Å². The summed E-state index contributed by atoms with van der Waals surface area (Å²) in [5, 5.41) is 4.18. The first-order chi connectivity index (χ1) is 5.77. The van der Waals surface area contributed by atoms with Gasteiger partial charge in [0.15, 0.2) is 5.17 Å². The van der Waals surface area contributed by atoms with Crippen molar-refractivity contribution in [1.82, 2.24) is 5.32 Å². The second kappa shape index (κ2) is 3.00. The van der Waals surface area contributed by atoms with E-state index in [-0.39, 0.29) is 5.54 Å². The molecule has 0 unspecified atom stereocenters. The highest BCUT2D eigenvalue weighted by molar-refractivity contribution is 8.13. The van der Waals surface area contributed by atoms with Gasteiger partial charge in [0.25, 0.3) is 0 Å². The summed E-state index contributed by atoms with van der Waals surface area (Å²) in [6.07, 6.45) is 6.86. The van der Waals surface area contributed by atoms with Crippen molar-refractivity contribution in [2.24, 2.45) is 4.99 Å². The molecular weight excluding hydrogens is 188 g/mol. The Balaban J connectivity index is 2.24. The molecule has 0 aromatic rings. The molecule has 66 valence electrons. The quantitative estimate of drug-likeness (QED) is 0.605. The summed E-state index contributed by atoms with van der Waals surface area (Å²) in [5.74, 6) is 0. The third kappa shape index (κ3) is 1.17.